The molecule has 19 heavy (non-hydrogen) atoms. The molecule has 0 atom stereocenters. The monoisotopic (exact) mass is 268 g/mol. The lowest BCUT2D eigenvalue weighted by atomic mass is 10.2. The molecule has 0 unspecified atom stereocenters. The predicted octanol–water partition coefficient (Wildman–Crippen LogP) is 0.960. The lowest BCUT2D eigenvalue weighted by Crippen LogP contribution is -2.24. The third kappa shape index (κ3) is 6.73. The number of methoxy groups -OCH3 is 1. The summed E-state index contributed by atoms with van der Waals surface area (Å²) in [4.78, 5) is 15.4. The maximum Gasteiger partial charge on any atom is 0.252 e. The van der Waals surface area contributed by atoms with Gasteiger partial charge in [0.1, 0.15) is 5.75 Å². The second-order valence-corrected chi connectivity index (χ2v) is 4.00. The number of carbonyl (C=O) groups excluding carboxylic acids is 1. The molecule has 0 saturated carbocycles. The molecule has 0 aromatic carbocycles. The zero-order chi connectivity index (χ0) is 13.9. The van der Waals surface area contributed by atoms with Crippen molar-refractivity contribution in [3.63, 3.8) is 0 Å². The van der Waals surface area contributed by atoms with E-state index >= 15 is 0 Å². The van der Waals surface area contributed by atoms with E-state index in [0.29, 0.717) is 31.9 Å². The molecule has 0 saturated heterocycles. The van der Waals surface area contributed by atoms with Crippen LogP contribution in [0.25, 0.3) is 0 Å². The van der Waals surface area contributed by atoms with Gasteiger partial charge in [-0.2, -0.15) is 0 Å². The lowest BCUT2D eigenvalue weighted by molar-refractivity contribution is 0.0686. The van der Waals surface area contributed by atoms with Gasteiger partial charge in [0.25, 0.3) is 5.91 Å². The van der Waals surface area contributed by atoms with Gasteiger partial charge in [-0.15, -0.1) is 0 Å². The van der Waals surface area contributed by atoms with Crippen molar-refractivity contribution in [1.82, 2.24) is 10.3 Å². The molecule has 6 nitrogen and oxygen atoms in total. The van der Waals surface area contributed by atoms with Gasteiger partial charge >= 0.3 is 0 Å². The Hall–Kier alpha value is -1.66. The number of aromatic nitrogens is 1. The Morgan fingerprint density at radius 2 is 2.16 bits per heavy atom. The van der Waals surface area contributed by atoms with Crippen LogP contribution in [-0.4, -0.2) is 49.5 Å². The number of nitrogens with zero attached hydrogens (tertiary/aromatic N) is 1. The van der Waals surface area contributed by atoms with E-state index < -0.39 is 0 Å². The minimum atomic E-state index is -0.233. The number of aromatic hydroxyl groups is 1. The third-order valence-electron chi connectivity index (χ3n) is 2.42. The van der Waals surface area contributed by atoms with Crippen molar-refractivity contribution in [2.24, 2.45) is 0 Å². The SMILES string of the molecule is COCCOCCCCNC(=O)c1cncc(O)c1. The summed E-state index contributed by atoms with van der Waals surface area (Å²) in [5.41, 5.74) is 0.358. The van der Waals surface area contributed by atoms with Crippen LogP contribution in [0.5, 0.6) is 5.75 Å². The van der Waals surface area contributed by atoms with Gasteiger partial charge in [0.05, 0.1) is 25.0 Å². The summed E-state index contributed by atoms with van der Waals surface area (Å²) in [5, 5.41) is 12.0. The van der Waals surface area contributed by atoms with Crippen molar-refractivity contribution < 1.29 is 19.4 Å². The second-order valence-electron chi connectivity index (χ2n) is 4.00. The molecule has 0 aliphatic heterocycles. The van der Waals surface area contributed by atoms with Crippen LogP contribution in [0.2, 0.25) is 0 Å². The number of rotatable bonds is 9. The van der Waals surface area contributed by atoms with E-state index in [0.717, 1.165) is 12.8 Å². The number of hydrogen-bond donors (Lipinski definition) is 2. The normalized spacial score (nSPS) is 10.4. The van der Waals surface area contributed by atoms with Gasteiger partial charge in [0, 0.05) is 26.5 Å². The van der Waals surface area contributed by atoms with Crippen LogP contribution in [-0.2, 0) is 9.47 Å². The van der Waals surface area contributed by atoms with Crippen LogP contribution >= 0.6 is 0 Å². The molecule has 1 rings (SSSR count). The Morgan fingerprint density at radius 3 is 2.89 bits per heavy atom. The average Bonchev–Trinajstić information content (AvgIpc) is 2.41. The van der Waals surface area contributed by atoms with Gasteiger partial charge in [-0.25, -0.2) is 0 Å². The number of hydrogen-bond acceptors (Lipinski definition) is 5. The largest absolute Gasteiger partial charge is 0.506 e. The van der Waals surface area contributed by atoms with Gasteiger partial charge in [-0.3, -0.25) is 9.78 Å². The standard InChI is InChI=1S/C13H20N2O4/c1-18-6-7-19-5-3-2-4-15-13(17)11-8-12(16)10-14-9-11/h8-10,16H,2-7H2,1H3,(H,15,17). The maximum atomic E-state index is 11.7. The van der Waals surface area contributed by atoms with Gasteiger partial charge < -0.3 is 19.9 Å². The quantitative estimate of drug-likeness (QED) is 0.652. The summed E-state index contributed by atoms with van der Waals surface area (Å²) in [7, 11) is 1.63. The van der Waals surface area contributed by atoms with E-state index in [4.69, 9.17) is 9.47 Å². The summed E-state index contributed by atoms with van der Waals surface area (Å²) >= 11 is 0. The van der Waals surface area contributed by atoms with Gasteiger partial charge in [-0.05, 0) is 18.9 Å². The first kappa shape index (κ1) is 15.4. The first-order chi connectivity index (χ1) is 9.24. The van der Waals surface area contributed by atoms with Crippen molar-refractivity contribution in [1.29, 1.82) is 0 Å². The molecule has 0 spiro atoms. The van der Waals surface area contributed by atoms with E-state index in [2.05, 4.69) is 10.3 Å². The molecule has 1 aromatic heterocycles. The number of amides is 1. The van der Waals surface area contributed by atoms with Crippen LogP contribution in [0, 0.1) is 0 Å². The summed E-state index contributed by atoms with van der Waals surface area (Å²) in [5.74, 6) is -0.247. The minimum Gasteiger partial charge on any atom is -0.506 e. The average molecular weight is 268 g/mol. The Bertz CT molecular complexity index is 385. The van der Waals surface area contributed by atoms with Crippen LogP contribution in [0.3, 0.4) is 0 Å². The van der Waals surface area contributed by atoms with Gasteiger partial charge in [0.15, 0.2) is 0 Å². The Labute approximate surface area is 112 Å². The van der Waals surface area contributed by atoms with E-state index in [1.807, 2.05) is 0 Å². The fourth-order valence-electron chi connectivity index (χ4n) is 1.43. The molecular weight excluding hydrogens is 248 g/mol. The molecule has 1 amide bonds. The topological polar surface area (TPSA) is 80.7 Å². The van der Waals surface area contributed by atoms with Gasteiger partial charge in [-0.1, -0.05) is 0 Å². The van der Waals surface area contributed by atoms with E-state index in [9.17, 15) is 9.90 Å². The minimum absolute atomic E-state index is 0.0146. The molecule has 0 fully saturated rings. The molecular formula is C13H20N2O4. The highest BCUT2D eigenvalue weighted by Crippen LogP contribution is 2.07. The van der Waals surface area contributed by atoms with Crippen LogP contribution in [0.15, 0.2) is 18.5 Å². The molecule has 2 N–H and O–H groups in total. The third-order valence-corrected chi connectivity index (χ3v) is 2.42. The van der Waals surface area contributed by atoms with Crippen molar-refractivity contribution >= 4 is 5.91 Å². The van der Waals surface area contributed by atoms with Crippen molar-refractivity contribution in [3.05, 3.63) is 24.0 Å². The molecule has 0 aliphatic carbocycles. The number of carbonyl (C=O) groups is 1. The number of unbranched alkanes of at least 4 members (excludes halogenated alkanes) is 1. The van der Waals surface area contributed by atoms with Crippen molar-refractivity contribution in [3.8, 4) is 5.75 Å². The van der Waals surface area contributed by atoms with Gasteiger partial charge in [0.2, 0.25) is 0 Å². The molecule has 6 heteroatoms. The van der Waals surface area contributed by atoms with E-state index in [1.165, 1.54) is 18.5 Å². The fraction of sp³-hybridized carbons (Fsp3) is 0.538. The lowest BCUT2D eigenvalue weighted by Gasteiger charge is -2.06. The molecule has 0 radical (unpaired) electrons. The predicted molar refractivity (Wildman–Crippen MR) is 70.2 cm³/mol. The van der Waals surface area contributed by atoms with Crippen molar-refractivity contribution in [2.45, 2.75) is 12.8 Å². The fourth-order valence-corrected chi connectivity index (χ4v) is 1.43. The molecule has 1 heterocycles. The number of ether oxygens (including phenoxy) is 2. The summed E-state index contributed by atoms with van der Waals surface area (Å²) in [6.45, 7) is 2.42. The summed E-state index contributed by atoms with van der Waals surface area (Å²) < 4.78 is 10.2. The Morgan fingerprint density at radius 1 is 1.32 bits per heavy atom. The zero-order valence-corrected chi connectivity index (χ0v) is 11.1. The molecule has 1 aromatic rings. The highest BCUT2D eigenvalue weighted by atomic mass is 16.5. The Kier molecular flexibility index (Phi) is 7.53. The second kappa shape index (κ2) is 9.29. The highest BCUT2D eigenvalue weighted by molar-refractivity contribution is 5.94. The van der Waals surface area contributed by atoms with Crippen LogP contribution in [0.1, 0.15) is 23.2 Å². The number of nitrogens with one attached hydrogen (secondary N) is 1. The number of pyridine rings is 1. The van der Waals surface area contributed by atoms with Crippen LogP contribution in [0.4, 0.5) is 0 Å². The highest BCUT2D eigenvalue weighted by Gasteiger charge is 2.05. The maximum absolute atomic E-state index is 11.7. The van der Waals surface area contributed by atoms with E-state index in [-0.39, 0.29) is 11.7 Å². The first-order valence-electron chi connectivity index (χ1n) is 6.23. The zero-order valence-electron chi connectivity index (χ0n) is 11.1. The summed E-state index contributed by atoms with van der Waals surface area (Å²) in [6, 6.07) is 1.39. The van der Waals surface area contributed by atoms with Crippen molar-refractivity contribution in [2.75, 3.05) is 33.5 Å². The van der Waals surface area contributed by atoms with Crippen LogP contribution < -0.4 is 5.32 Å². The molecule has 106 valence electrons. The summed E-state index contributed by atoms with van der Waals surface area (Å²) in [6.07, 6.45) is 4.42. The van der Waals surface area contributed by atoms with E-state index in [1.54, 1.807) is 7.11 Å². The molecule has 0 bridgehead atoms. The molecule has 0 aliphatic rings. The smallest absolute Gasteiger partial charge is 0.252 e. The first-order valence-corrected chi connectivity index (χ1v) is 6.23. The Balaban J connectivity index is 2.08.